The van der Waals surface area contributed by atoms with Crippen LogP contribution in [0.3, 0.4) is 0 Å². The minimum absolute atomic E-state index is 0.278. The molecule has 37 heavy (non-hydrogen) atoms. The van der Waals surface area contributed by atoms with E-state index in [0.29, 0.717) is 0 Å². The molecule has 5 aromatic rings. The lowest BCUT2D eigenvalue weighted by atomic mass is 10.0. The van der Waals surface area contributed by atoms with Gasteiger partial charge in [-0.2, -0.15) is 5.10 Å². The maximum absolute atomic E-state index is 13.7. The molecule has 2 aliphatic rings. The van der Waals surface area contributed by atoms with Gasteiger partial charge in [-0.25, -0.2) is 19.0 Å². The van der Waals surface area contributed by atoms with Crippen LogP contribution >= 0.6 is 0 Å². The Morgan fingerprint density at radius 2 is 1.70 bits per heavy atom. The summed E-state index contributed by atoms with van der Waals surface area (Å²) in [6.45, 7) is 2.02. The number of hydrogen-bond donors (Lipinski definition) is 1. The van der Waals surface area contributed by atoms with Crippen LogP contribution < -0.4 is 10.2 Å². The van der Waals surface area contributed by atoms with E-state index in [-0.39, 0.29) is 12.1 Å². The quantitative estimate of drug-likeness (QED) is 0.360. The Balaban J connectivity index is 1.49. The first-order valence-corrected chi connectivity index (χ1v) is 12.0. The number of anilines is 2. The fraction of sp³-hybridized carbons (Fsp3) is 0.0690. The highest BCUT2D eigenvalue weighted by atomic mass is 19.1. The normalized spacial score (nSPS) is 16.1. The summed E-state index contributed by atoms with van der Waals surface area (Å²) >= 11 is 0. The standard InChI is InChI=1S/C29H22FN7/c1-19-27(28(35-16-15-31-18-35)37(34-19)22-7-3-2-4-8-22)26-17-24(20-11-13-21(30)14-12-20)33-29-32-23-9-5-6-10-25(23)36(26)29/h2-18,29,32H,1H3. The fourth-order valence-electron chi connectivity index (χ4n) is 5.02. The number of halogens is 1. The molecular weight excluding hydrogens is 465 g/mol. The summed E-state index contributed by atoms with van der Waals surface area (Å²) < 4.78 is 17.6. The van der Waals surface area contributed by atoms with E-state index < -0.39 is 0 Å². The summed E-state index contributed by atoms with van der Waals surface area (Å²) in [5, 5.41) is 8.52. The Bertz CT molecular complexity index is 1670. The first-order valence-electron chi connectivity index (χ1n) is 12.0. The highest BCUT2D eigenvalue weighted by Crippen LogP contribution is 2.44. The van der Waals surface area contributed by atoms with E-state index in [1.807, 2.05) is 64.8 Å². The van der Waals surface area contributed by atoms with Crippen molar-refractivity contribution in [3.8, 4) is 11.5 Å². The van der Waals surface area contributed by atoms with E-state index in [2.05, 4.69) is 33.4 Å². The zero-order valence-electron chi connectivity index (χ0n) is 20.0. The Hall–Kier alpha value is -4.98. The fourth-order valence-corrected chi connectivity index (χ4v) is 5.02. The highest BCUT2D eigenvalue weighted by molar-refractivity contribution is 6.16. The minimum atomic E-state index is -0.354. The van der Waals surface area contributed by atoms with Crippen LogP contribution in [0.2, 0.25) is 0 Å². The van der Waals surface area contributed by atoms with Gasteiger partial charge in [0.25, 0.3) is 0 Å². The molecule has 0 saturated heterocycles. The maximum atomic E-state index is 13.7. The number of para-hydroxylation sites is 3. The molecular formula is C29H22FN7. The number of rotatable bonds is 4. The lowest BCUT2D eigenvalue weighted by Gasteiger charge is -2.31. The molecule has 0 spiro atoms. The SMILES string of the molecule is Cc1nn(-c2ccccc2)c(-n2ccnc2)c1C1=CC(c2ccc(F)cc2)=NC2Nc3ccccc3N12. The third-order valence-electron chi connectivity index (χ3n) is 6.67. The smallest absolute Gasteiger partial charge is 0.201 e. The van der Waals surface area contributed by atoms with Gasteiger partial charge in [-0.05, 0) is 61.5 Å². The lowest BCUT2D eigenvalue weighted by molar-refractivity contribution is 0.628. The topological polar surface area (TPSA) is 63.3 Å². The van der Waals surface area contributed by atoms with Crippen molar-refractivity contribution in [2.75, 3.05) is 10.2 Å². The van der Waals surface area contributed by atoms with Gasteiger partial charge in [-0.15, -0.1) is 0 Å². The van der Waals surface area contributed by atoms with Gasteiger partial charge in [0.1, 0.15) is 12.1 Å². The predicted octanol–water partition coefficient (Wildman–Crippen LogP) is 5.57. The molecule has 0 aliphatic carbocycles. The molecule has 8 heteroatoms. The summed E-state index contributed by atoms with van der Waals surface area (Å²) in [7, 11) is 0. The van der Waals surface area contributed by atoms with Crippen LogP contribution in [0, 0.1) is 12.7 Å². The predicted molar refractivity (Wildman–Crippen MR) is 143 cm³/mol. The van der Waals surface area contributed by atoms with Crippen LogP contribution in [-0.4, -0.2) is 31.3 Å². The first kappa shape index (κ1) is 21.3. The minimum Gasteiger partial charge on any atom is -0.345 e. The summed E-state index contributed by atoms with van der Waals surface area (Å²) in [5.74, 6) is 0.593. The van der Waals surface area contributed by atoms with Gasteiger partial charge >= 0.3 is 0 Å². The van der Waals surface area contributed by atoms with Crippen LogP contribution in [0.1, 0.15) is 16.8 Å². The van der Waals surface area contributed by atoms with E-state index in [0.717, 1.165) is 51.1 Å². The van der Waals surface area contributed by atoms with Gasteiger partial charge in [-0.1, -0.05) is 30.3 Å². The number of aryl methyl sites for hydroxylation is 1. The van der Waals surface area contributed by atoms with Crippen molar-refractivity contribution in [1.82, 2.24) is 19.3 Å². The molecule has 180 valence electrons. The number of imidazole rings is 1. The second kappa shape index (κ2) is 8.30. The molecule has 2 aliphatic heterocycles. The van der Waals surface area contributed by atoms with E-state index in [4.69, 9.17) is 10.1 Å². The van der Waals surface area contributed by atoms with Crippen molar-refractivity contribution in [3.05, 3.63) is 126 Å². The Morgan fingerprint density at radius 3 is 2.49 bits per heavy atom. The zero-order valence-corrected chi connectivity index (χ0v) is 20.0. The first-order chi connectivity index (χ1) is 18.2. The molecule has 1 N–H and O–H groups in total. The number of nitrogens with one attached hydrogen (secondary N) is 1. The van der Waals surface area contributed by atoms with Gasteiger partial charge in [-0.3, -0.25) is 9.47 Å². The number of hydrogen-bond acceptors (Lipinski definition) is 5. The molecule has 7 rings (SSSR count). The number of nitrogens with zero attached hydrogens (tertiary/aromatic N) is 6. The molecule has 4 heterocycles. The molecule has 1 unspecified atom stereocenters. The summed E-state index contributed by atoms with van der Waals surface area (Å²) in [5.41, 5.74) is 7.35. The molecule has 0 radical (unpaired) electrons. The van der Waals surface area contributed by atoms with Gasteiger partial charge in [0.05, 0.1) is 39.7 Å². The number of allylic oxidation sites excluding steroid dienone is 1. The van der Waals surface area contributed by atoms with E-state index in [1.54, 1.807) is 24.7 Å². The second-order valence-electron chi connectivity index (χ2n) is 8.96. The summed E-state index contributed by atoms with van der Waals surface area (Å²) in [6, 6.07) is 24.7. The summed E-state index contributed by atoms with van der Waals surface area (Å²) in [6.07, 6.45) is 7.18. The Labute approximate surface area is 212 Å². The molecule has 1 atom stereocenters. The summed E-state index contributed by atoms with van der Waals surface area (Å²) in [4.78, 5) is 11.5. The van der Waals surface area contributed by atoms with Gasteiger partial charge in [0.15, 0.2) is 5.82 Å². The lowest BCUT2D eigenvalue weighted by Crippen LogP contribution is -2.37. The van der Waals surface area contributed by atoms with Crippen molar-refractivity contribution < 1.29 is 4.39 Å². The van der Waals surface area contributed by atoms with Crippen LogP contribution in [0.5, 0.6) is 0 Å². The van der Waals surface area contributed by atoms with E-state index in [9.17, 15) is 4.39 Å². The molecule has 0 saturated carbocycles. The number of benzene rings is 3. The zero-order chi connectivity index (χ0) is 24.9. The van der Waals surface area contributed by atoms with E-state index in [1.165, 1.54) is 12.1 Å². The average Bonchev–Trinajstić information content (AvgIpc) is 3.66. The molecule has 0 amide bonds. The number of aliphatic imine (C=N–C) groups is 1. The third-order valence-corrected chi connectivity index (χ3v) is 6.67. The Kier molecular flexibility index (Phi) is 4.78. The van der Waals surface area contributed by atoms with E-state index >= 15 is 0 Å². The monoisotopic (exact) mass is 487 g/mol. The van der Waals surface area contributed by atoms with Crippen molar-refractivity contribution in [3.63, 3.8) is 0 Å². The van der Waals surface area contributed by atoms with Crippen molar-refractivity contribution in [2.45, 2.75) is 13.2 Å². The van der Waals surface area contributed by atoms with Gasteiger partial charge in [0, 0.05) is 18.0 Å². The molecule has 7 nitrogen and oxygen atoms in total. The largest absolute Gasteiger partial charge is 0.345 e. The molecule has 0 fully saturated rings. The van der Waals surface area contributed by atoms with Crippen molar-refractivity contribution in [2.24, 2.45) is 4.99 Å². The number of fused-ring (bicyclic) bond motifs is 3. The number of aromatic nitrogens is 4. The maximum Gasteiger partial charge on any atom is 0.201 e. The highest BCUT2D eigenvalue weighted by Gasteiger charge is 2.37. The molecule has 0 bridgehead atoms. The van der Waals surface area contributed by atoms with Crippen molar-refractivity contribution >= 4 is 22.8 Å². The Morgan fingerprint density at radius 1 is 0.919 bits per heavy atom. The molecule has 3 aromatic carbocycles. The third kappa shape index (κ3) is 3.45. The van der Waals surface area contributed by atoms with Crippen molar-refractivity contribution in [1.29, 1.82) is 0 Å². The van der Waals surface area contributed by atoms with Crippen LogP contribution in [0.15, 0.2) is 109 Å². The second-order valence-corrected chi connectivity index (χ2v) is 8.96. The van der Waals surface area contributed by atoms with Crippen LogP contribution in [-0.2, 0) is 0 Å². The van der Waals surface area contributed by atoms with Crippen LogP contribution in [0.25, 0.3) is 17.2 Å². The van der Waals surface area contributed by atoms with Crippen LogP contribution in [0.4, 0.5) is 15.8 Å². The van der Waals surface area contributed by atoms with Gasteiger partial charge < -0.3 is 5.32 Å². The van der Waals surface area contributed by atoms with Gasteiger partial charge in [0.2, 0.25) is 6.29 Å². The average molecular weight is 488 g/mol. The molecule has 2 aromatic heterocycles.